The normalized spacial score (nSPS) is 10.7. The van der Waals surface area contributed by atoms with Crippen molar-refractivity contribution >= 4 is 27.5 Å². The second-order valence-electron chi connectivity index (χ2n) is 6.74. The van der Waals surface area contributed by atoms with Crippen LogP contribution in [-0.2, 0) is 11.3 Å². The standard InChI is InChI=1S/C22H17BrN4O3/c1-14-4-2-7-18(10-14)24-19(28)13-27-12-16(8-9-20(27)29)22-25-21(26-30-22)15-5-3-6-17(23)11-15/h2-12H,13H2,1H3,(H,24,28). The molecule has 150 valence electrons. The number of halogens is 1. The van der Waals surface area contributed by atoms with Gasteiger partial charge in [0, 0.05) is 28.0 Å². The van der Waals surface area contributed by atoms with Gasteiger partial charge in [-0.2, -0.15) is 4.98 Å². The lowest BCUT2D eigenvalue weighted by molar-refractivity contribution is -0.116. The molecule has 1 N–H and O–H groups in total. The summed E-state index contributed by atoms with van der Waals surface area (Å²) in [5.74, 6) is 0.388. The molecule has 0 atom stereocenters. The van der Waals surface area contributed by atoms with Gasteiger partial charge in [-0.1, -0.05) is 45.4 Å². The van der Waals surface area contributed by atoms with E-state index in [-0.39, 0.29) is 23.9 Å². The quantitative estimate of drug-likeness (QED) is 0.476. The minimum Gasteiger partial charge on any atom is -0.334 e. The third-order valence-corrected chi connectivity index (χ3v) is 4.85. The Bertz CT molecular complexity index is 1280. The van der Waals surface area contributed by atoms with Crippen molar-refractivity contribution in [3.05, 3.63) is 87.3 Å². The second-order valence-corrected chi connectivity index (χ2v) is 7.65. The Morgan fingerprint density at radius 1 is 1.10 bits per heavy atom. The number of rotatable bonds is 5. The molecule has 0 spiro atoms. The Kier molecular flexibility index (Phi) is 5.58. The molecule has 0 radical (unpaired) electrons. The molecule has 2 heterocycles. The first-order valence-electron chi connectivity index (χ1n) is 9.15. The summed E-state index contributed by atoms with van der Waals surface area (Å²) in [6.07, 6.45) is 1.54. The van der Waals surface area contributed by atoms with Gasteiger partial charge >= 0.3 is 0 Å². The van der Waals surface area contributed by atoms with Crippen molar-refractivity contribution in [3.63, 3.8) is 0 Å². The van der Waals surface area contributed by atoms with Crippen LogP contribution in [0.1, 0.15) is 5.56 Å². The van der Waals surface area contributed by atoms with Crippen LogP contribution in [0.3, 0.4) is 0 Å². The number of anilines is 1. The molecular weight excluding hydrogens is 448 g/mol. The molecule has 1 amide bonds. The molecule has 4 rings (SSSR count). The van der Waals surface area contributed by atoms with Crippen molar-refractivity contribution in [1.29, 1.82) is 0 Å². The first-order valence-corrected chi connectivity index (χ1v) is 9.94. The zero-order chi connectivity index (χ0) is 21.1. The van der Waals surface area contributed by atoms with Crippen molar-refractivity contribution in [2.24, 2.45) is 0 Å². The van der Waals surface area contributed by atoms with Crippen molar-refractivity contribution < 1.29 is 9.32 Å². The summed E-state index contributed by atoms with van der Waals surface area (Å²) in [6, 6.07) is 18.0. The lowest BCUT2D eigenvalue weighted by Gasteiger charge is -2.08. The summed E-state index contributed by atoms with van der Waals surface area (Å²) >= 11 is 3.42. The number of hydrogen-bond acceptors (Lipinski definition) is 5. The van der Waals surface area contributed by atoms with Gasteiger partial charge in [0.15, 0.2) is 0 Å². The summed E-state index contributed by atoms with van der Waals surface area (Å²) < 4.78 is 7.57. The zero-order valence-electron chi connectivity index (χ0n) is 16.0. The Labute approximate surface area is 180 Å². The van der Waals surface area contributed by atoms with E-state index in [0.717, 1.165) is 15.6 Å². The Hall–Kier alpha value is -3.52. The number of nitrogens with zero attached hydrogens (tertiary/aromatic N) is 3. The largest absolute Gasteiger partial charge is 0.334 e. The molecule has 30 heavy (non-hydrogen) atoms. The van der Waals surface area contributed by atoms with Crippen molar-refractivity contribution in [3.8, 4) is 22.8 Å². The first kappa shape index (κ1) is 19.8. The molecule has 0 bridgehead atoms. The second kappa shape index (κ2) is 8.46. The van der Waals surface area contributed by atoms with E-state index in [1.165, 1.54) is 16.8 Å². The smallest absolute Gasteiger partial charge is 0.259 e. The number of carbonyl (C=O) groups is 1. The van der Waals surface area contributed by atoms with Gasteiger partial charge in [-0.15, -0.1) is 0 Å². The lowest BCUT2D eigenvalue weighted by atomic mass is 10.2. The Morgan fingerprint density at radius 2 is 1.93 bits per heavy atom. The molecule has 0 aliphatic carbocycles. The van der Waals surface area contributed by atoms with E-state index in [0.29, 0.717) is 17.1 Å². The highest BCUT2D eigenvalue weighted by molar-refractivity contribution is 9.10. The zero-order valence-corrected chi connectivity index (χ0v) is 17.6. The van der Waals surface area contributed by atoms with Crippen LogP contribution in [0.2, 0.25) is 0 Å². The van der Waals surface area contributed by atoms with Gasteiger partial charge in [0.05, 0.1) is 5.56 Å². The SMILES string of the molecule is Cc1cccc(NC(=O)Cn2cc(-c3nc(-c4cccc(Br)c4)no3)ccc2=O)c1. The van der Waals surface area contributed by atoms with E-state index in [1.807, 2.05) is 49.4 Å². The number of aromatic nitrogens is 3. The fourth-order valence-electron chi connectivity index (χ4n) is 2.95. The number of carbonyl (C=O) groups excluding carboxylic acids is 1. The number of nitrogens with one attached hydrogen (secondary N) is 1. The molecule has 0 aliphatic heterocycles. The van der Waals surface area contributed by atoms with Crippen LogP contribution in [0.5, 0.6) is 0 Å². The van der Waals surface area contributed by atoms with E-state index in [4.69, 9.17) is 4.52 Å². The maximum Gasteiger partial charge on any atom is 0.259 e. The van der Waals surface area contributed by atoms with Crippen LogP contribution in [-0.4, -0.2) is 20.6 Å². The lowest BCUT2D eigenvalue weighted by Crippen LogP contribution is -2.26. The average Bonchev–Trinajstić information content (AvgIpc) is 3.20. The van der Waals surface area contributed by atoms with Crippen LogP contribution < -0.4 is 10.9 Å². The van der Waals surface area contributed by atoms with Crippen molar-refractivity contribution in [2.75, 3.05) is 5.32 Å². The summed E-state index contributed by atoms with van der Waals surface area (Å²) in [5, 5.41) is 6.80. The minimum absolute atomic E-state index is 0.132. The average molecular weight is 465 g/mol. The van der Waals surface area contributed by atoms with Gasteiger partial charge in [-0.3, -0.25) is 9.59 Å². The number of pyridine rings is 1. The minimum atomic E-state index is -0.305. The highest BCUT2D eigenvalue weighted by atomic mass is 79.9. The summed E-state index contributed by atoms with van der Waals surface area (Å²) in [4.78, 5) is 29.0. The molecule has 0 saturated heterocycles. The molecule has 2 aromatic carbocycles. The molecule has 0 fully saturated rings. The van der Waals surface area contributed by atoms with Crippen molar-refractivity contribution in [2.45, 2.75) is 13.5 Å². The van der Waals surface area contributed by atoms with Gasteiger partial charge in [0.25, 0.3) is 11.4 Å². The fraction of sp³-hybridized carbons (Fsp3) is 0.0909. The summed E-state index contributed by atoms with van der Waals surface area (Å²) in [6.45, 7) is 1.81. The third kappa shape index (κ3) is 4.55. The monoisotopic (exact) mass is 464 g/mol. The van der Waals surface area contributed by atoms with E-state index < -0.39 is 0 Å². The van der Waals surface area contributed by atoms with Gasteiger partial charge in [0.2, 0.25) is 11.7 Å². The molecule has 8 heteroatoms. The molecular formula is C22H17BrN4O3. The van der Waals surface area contributed by atoms with E-state index >= 15 is 0 Å². The van der Waals surface area contributed by atoms with Gasteiger partial charge < -0.3 is 14.4 Å². The Morgan fingerprint density at radius 3 is 2.73 bits per heavy atom. The predicted octanol–water partition coefficient (Wildman–Crippen LogP) is 4.27. The highest BCUT2D eigenvalue weighted by Gasteiger charge is 2.13. The van der Waals surface area contributed by atoms with Crippen LogP contribution in [0.25, 0.3) is 22.8 Å². The maximum absolute atomic E-state index is 12.4. The molecule has 7 nitrogen and oxygen atoms in total. The maximum atomic E-state index is 12.4. The summed E-state index contributed by atoms with van der Waals surface area (Å²) in [7, 11) is 0. The van der Waals surface area contributed by atoms with Gasteiger partial charge in [-0.05, 0) is 42.8 Å². The fourth-order valence-corrected chi connectivity index (χ4v) is 3.34. The van der Waals surface area contributed by atoms with Crippen LogP contribution in [0.15, 0.2) is 80.7 Å². The van der Waals surface area contributed by atoms with Crippen LogP contribution in [0.4, 0.5) is 5.69 Å². The van der Waals surface area contributed by atoms with Gasteiger partial charge in [-0.25, -0.2) is 0 Å². The number of amides is 1. The number of hydrogen-bond donors (Lipinski definition) is 1. The number of aryl methyl sites for hydroxylation is 1. The summed E-state index contributed by atoms with van der Waals surface area (Å²) in [5.41, 5.74) is 2.76. The highest BCUT2D eigenvalue weighted by Crippen LogP contribution is 2.23. The van der Waals surface area contributed by atoms with Gasteiger partial charge in [0.1, 0.15) is 6.54 Å². The van der Waals surface area contributed by atoms with E-state index in [2.05, 4.69) is 31.4 Å². The molecule has 4 aromatic rings. The molecule has 0 unspecified atom stereocenters. The molecule has 0 saturated carbocycles. The third-order valence-electron chi connectivity index (χ3n) is 4.36. The first-order chi connectivity index (χ1) is 14.5. The van der Waals surface area contributed by atoms with E-state index in [9.17, 15) is 9.59 Å². The van der Waals surface area contributed by atoms with Crippen molar-refractivity contribution in [1.82, 2.24) is 14.7 Å². The molecule has 2 aromatic heterocycles. The van der Waals surface area contributed by atoms with E-state index in [1.54, 1.807) is 12.1 Å². The van der Waals surface area contributed by atoms with Crippen LogP contribution in [0, 0.1) is 6.92 Å². The predicted molar refractivity (Wildman–Crippen MR) is 117 cm³/mol. The topological polar surface area (TPSA) is 90.0 Å². The molecule has 0 aliphatic rings. The number of benzene rings is 2. The van der Waals surface area contributed by atoms with Crippen LogP contribution >= 0.6 is 15.9 Å². The Balaban J connectivity index is 1.55.